The second-order valence-corrected chi connectivity index (χ2v) is 3.61. The maximum Gasteiger partial charge on any atom is 0.241 e. The lowest BCUT2D eigenvalue weighted by Gasteiger charge is -1.98. The summed E-state index contributed by atoms with van der Waals surface area (Å²) in [6.45, 7) is 1.91. The Balaban J connectivity index is 2.55. The third-order valence-corrected chi connectivity index (χ3v) is 2.05. The third kappa shape index (κ3) is 4.56. The summed E-state index contributed by atoms with van der Waals surface area (Å²) in [6.07, 6.45) is 0. The van der Waals surface area contributed by atoms with Gasteiger partial charge in [0.1, 0.15) is 0 Å². The molecule has 0 spiro atoms. The molecule has 0 aliphatic rings. The highest BCUT2D eigenvalue weighted by molar-refractivity contribution is 6.30. The Bertz CT molecular complexity index is 374. The van der Waals surface area contributed by atoms with Gasteiger partial charge in [-0.3, -0.25) is 15.1 Å². The Morgan fingerprint density at radius 3 is 2.60 bits per heavy atom. The van der Waals surface area contributed by atoms with Crippen LogP contribution in [0.4, 0.5) is 0 Å². The molecular weight excluding hydrogens is 216 g/mol. The Hall–Kier alpha value is -1.42. The van der Waals surface area contributed by atoms with Crippen molar-refractivity contribution < 1.29 is 4.92 Å². The smallest absolute Gasteiger partial charge is 0.241 e. The molecule has 0 unspecified atom stereocenters. The molecule has 5 heteroatoms. The molecule has 0 N–H and O–H groups in total. The van der Waals surface area contributed by atoms with Crippen LogP contribution in [0.25, 0.3) is 0 Å². The molecule has 0 saturated carbocycles. The van der Waals surface area contributed by atoms with Crippen LogP contribution in [0.2, 0.25) is 5.02 Å². The molecule has 0 aliphatic carbocycles. The van der Waals surface area contributed by atoms with Crippen LogP contribution in [0.5, 0.6) is 0 Å². The largest absolute Gasteiger partial charge is 0.283 e. The van der Waals surface area contributed by atoms with Crippen molar-refractivity contribution in [3.05, 3.63) is 45.0 Å². The first kappa shape index (κ1) is 11.7. The normalized spacial score (nSPS) is 11.5. The van der Waals surface area contributed by atoms with Gasteiger partial charge in [0.2, 0.25) is 6.54 Å². The van der Waals surface area contributed by atoms with E-state index in [1.165, 1.54) is 0 Å². The summed E-state index contributed by atoms with van der Waals surface area (Å²) in [5.41, 5.74) is 1.51. The van der Waals surface area contributed by atoms with Gasteiger partial charge in [-0.2, -0.15) is 0 Å². The van der Waals surface area contributed by atoms with E-state index in [4.69, 9.17) is 11.6 Å². The molecule has 0 radical (unpaired) electrons. The topological polar surface area (TPSA) is 55.5 Å². The molecule has 0 aromatic heterocycles. The van der Waals surface area contributed by atoms with Crippen molar-refractivity contribution in [3.8, 4) is 0 Å². The number of hydrogen-bond acceptors (Lipinski definition) is 3. The summed E-state index contributed by atoms with van der Waals surface area (Å²) in [5.74, 6) is 0. The van der Waals surface area contributed by atoms with E-state index in [-0.39, 0.29) is 11.5 Å². The lowest BCUT2D eigenvalue weighted by atomic mass is 10.2. The summed E-state index contributed by atoms with van der Waals surface area (Å²) in [7, 11) is 0. The fourth-order valence-corrected chi connectivity index (χ4v) is 1.18. The highest BCUT2D eigenvalue weighted by atomic mass is 35.5. The molecule has 1 rings (SSSR count). The van der Waals surface area contributed by atoms with E-state index in [1.54, 1.807) is 19.1 Å². The Morgan fingerprint density at radius 1 is 1.47 bits per heavy atom. The molecule has 1 aromatic rings. The van der Waals surface area contributed by atoms with Crippen LogP contribution in [0, 0.1) is 10.1 Å². The van der Waals surface area contributed by atoms with Gasteiger partial charge in [-0.1, -0.05) is 23.7 Å². The van der Waals surface area contributed by atoms with Crippen LogP contribution in [-0.2, 0) is 6.54 Å². The van der Waals surface area contributed by atoms with Crippen molar-refractivity contribution in [2.24, 2.45) is 4.99 Å². The minimum absolute atomic E-state index is 0.201. The number of aliphatic imine (C=N–C) groups is 1. The highest BCUT2D eigenvalue weighted by Gasteiger charge is 2.00. The van der Waals surface area contributed by atoms with Gasteiger partial charge in [0.25, 0.3) is 0 Å². The maximum absolute atomic E-state index is 10.2. The molecule has 80 valence electrons. The molecule has 0 aliphatic heterocycles. The number of nitrogens with zero attached hydrogens (tertiary/aromatic N) is 2. The highest BCUT2D eigenvalue weighted by Crippen LogP contribution is 2.10. The lowest BCUT2D eigenvalue weighted by molar-refractivity contribution is -0.463. The molecule has 0 saturated heterocycles. The van der Waals surface area contributed by atoms with Gasteiger partial charge in [-0.05, 0) is 24.6 Å². The number of benzene rings is 1. The Labute approximate surface area is 92.7 Å². The van der Waals surface area contributed by atoms with E-state index >= 15 is 0 Å². The Morgan fingerprint density at radius 2 is 2.07 bits per heavy atom. The van der Waals surface area contributed by atoms with E-state index in [0.717, 1.165) is 5.56 Å². The summed E-state index contributed by atoms with van der Waals surface area (Å²) < 4.78 is 0. The summed E-state index contributed by atoms with van der Waals surface area (Å²) in [6, 6.07) is 7.25. The first-order chi connectivity index (χ1) is 7.08. The zero-order chi connectivity index (χ0) is 11.3. The van der Waals surface area contributed by atoms with Crippen LogP contribution >= 0.6 is 11.6 Å². The standard InChI is InChI=1S/C10H11ClN2O2/c1-8(7-13(14)15)12-6-9-2-4-10(11)5-3-9/h2-5H,6-7H2,1H3. The predicted molar refractivity (Wildman–Crippen MR) is 60.1 cm³/mol. The fraction of sp³-hybridized carbons (Fsp3) is 0.300. The van der Waals surface area contributed by atoms with Crippen molar-refractivity contribution in [1.29, 1.82) is 0 Å². The van der Waals surface area contributed by atoms with Crippen molar-refractivity contribution in [3.63, 3.8) is 0 Å². The summed E-state index contributed by atoms with van der Waals surface area (Å²) in [5, 5.41) is 10.8. The molecule has 0 atom stereocenters. The molecule has 0 fully saturated rings. The molecule has 0 bridgehead atoms. The lowest BCUT2D eigenvalue weighted by Crippen LogP contribution is -2.10. The maximum atomic E-state index is 10.2. The number of nitro groups is 1. The SMILES string of the molecule is CC(C[N+](=O)[O-])=NCc1ccc(Cl)cc1. The second-order valence-electron chi connectivity index (χ2n) is 3.17. The molecular formula is C10H11ClN2O2. The van der Waals surface area contributed by atoms with Crippen LogP contribution in [-0.4, -0.2) is 17.2 Å². The number of halogens is 1. The average molecular weight is 227 g/mol. The Kier molecular flexibility index (Phi) is 4.24. The van der Waals surface area contributed by atoms with Gasteiger partial charge in [0.05, 0.1) is 12.3 Å². The van der Waals surface area contributed by atoms with Crippen LogP contribution in [0.15, 0.2) is 29.3 Å². The molecule has 0 amide bonds. The quantitative estimate of drug-likeness (QED) is 0.450. The minimum Gasteiger partial charge on any atom is -0.283 e. The van der Waals surface area contributed by atoms with Gasteiger partial charge in [-0.25, -0.2) is 0 Å². The van der Waals surface area contributed by atoms with E-state index in [2.05, 4.69) is 4.99 Å². The van der Waals surface area contributed by atoms with Gasteiger partial charge in [0.15, 0.2) is 0 Å². The van der Waals surface area contributed by atoms with E-state index in [0.29, 0.717) is 17.3 Å². The molecule has 15 heavy (non-hydrogen) atoms. The predicted octanol–water partition coefficient (Wildman–Crippen LogP) is 2.58. The van der Waals surface area contributed by atoms with Crippen molar-refractivity contribution in [2.45, 2.75) is 13.5 Å². The second kappa shape index (κ2) is 5.46. The van der Waals surface area contributed by atoms with Gasteiger partial charge in [-0.15, -0.1) is 0 Å². The van der Waals surface area contributed by atoms with Crippen LogP contribution in [0.1, 0.15) is 12.5 Å². The monoisotopic (exact) mass is 226 g/mol. The van der Waals surface area contributed by atoms with E-state index < -0.39 is 0 Å². The van der Waals surface area contributed by atoms with Gasteiger partial charge >= 0.3 is 0 Å². The van der Waals surface area contributed by atoms with Crippen LogP contribution < -0.4 is 0 Å². The van der Waals surface area contributed by atoms with E-state index in [1.807, 2.05) is 12.1 Å². The first-order valence-corrected chi connectivity index (χ1v) is 4.82. The fourth-order valence-electron chi connectivity index (χ4n) is 1.05. The summed E-state index contributed by atoms with van der Waals surface area (Å²) >= 11 is 5.72. The van der Waals surface area contributed by atoms with Crippen molar-refractivity contribution >= 4 is 17.3 Å². The molecule has 0 heterocycles. The van der Waals surface area contributed by atoms with Crippen molar-refractivity contribution in [1.82, 2.24) is 0 Å². The number of rotatable bonds is 4. The van der Waals surface area contributed by atoms with Crippen molar-refractivity contribution in [2.75, 3.05) is 6.54 Å². The number of hydrogen-bond donors (Lipinski definition) is 0. The van der Waals surface area contributed by atoms with Gasteiger partial charge in [0, 0.05) is 9.95 Å². The minimum atomic E-state index is -0.388. The zero-order valence-corrected chi connectivity index (χ0v) is 9.07. The first-order valence-electron chi connectivity index (χ1n) is 4.44. The zero-order valence-electron chi connectivity index (χ0n) is 8.31. The third-order valence-electron chi connectivity index (χ3n) is 1.80. The van der Waals surface area contributed by atoms with E-state index in [9.17, 15) is 10.1 Å². The van der Waals surface area contributed by atoms with Gasteiger partial charge < -0.3 is 0 Å². The molecule has 4 nitrogen and oxygen atoms in total. The summed E-state index contributed by atoms with van der Waals surface area (Å²) in [4.78, 5) is 13.9. The average Bonchev–Trinajstić information content (AvgIpc) is 2.16. The van der Waals surface area contributed by atoms with Crippen LogP contribution in [0.3, 0.4) is 0 Å². The molecule has 1 aromatic carbocycles.